The lowest BCUT2D eigenvalue weighted by Crippen LogP contribution is -2.53. The first kappa shape index (κ1) is 16.8. The lowest BCUT2D eigenvalue weighted by Gasteiger charge is -2.43. The van der Waals surface area contributed by atoms with Gasteiger partial charge in [-0.2, -0.15) is 0 Å². The average Bonchev–Trinajstić information content (AvgIpc) is 2.67. The Morgan fingerprint density at radius 3 is 2.00 bits per heavy atom. The SMILES string of the molecule is CC1(C)COCCN1c1ccc(B2OC(C)(C)C(C)(C)O2)cc1. The molecule has 1 aromatic carbocycles. The molecule has 2 heterocycles. The number of nitrogens with zero attached hydrogens (tertiary/aromatic N) is 1. The summed E-state index contributed by atoms with van der Waals surface area (Å²) in [4.78, 5) is 2.41. The molecule has 0 radical (unpaired) electrons. The van der Waals surface area contributed by atoms with E-state index in [1.165, 1.54) is 5.69 Å². The van der Waals surface area contributed by atoms with Gasteiger partial charge in [0.2, 0.25) is 0 Å². The number of morpholine rings is 1. The van der Waals surface area contributed by atoms with Crippen LogP contribution in [-0.2, 0) is 14.0 Å². The van der Waals surface area contributed by atoms with E-state index in [1.807, 2.05) is 0 Å². The second-order valence-corrected chi connectivity index (χ2v) is 8.20. The van der Waals surface area contributed by atoms with Gasteiger partial charge in [0.1, 0.15) is 0 Å². The van der Waals surface area contributed by atoms with E-state index in [9.17, 15) is 0 Å². The van der Waals surface area contributed by atoms with Crippen LogP contribution in [0.15, 0.2) is 24.3 Å². The molecule has 0 aromatic heterocycles. The standard InChI is InChI=1S/C18H28BNO3/c1-16(2)13-21-12-11-20(16)15-9-7-14(8-10-15)19-22-17(3,4)18(5,6)23-19/h7-10H,11-13H2,1-6H3. The van der Waals surface area contributed by atoms with Gasteiger partial charge >= 0.3 is 7.12 Å². The van der Waals surface area contributed by atoms with E-state index in [4.69, 9.17) is 14.0 Å². The smallest absolute Gasteiger partial charge is 0.399 e. The summed E-state index contributed by atoms with van der Waals surface area (Å²) in [6, 6.07) is 8.55. The molecule has 126 valence electrons. The molecule has 0 amide bonds. The van der Waals surface area contributed by atoms with Crippen LogP contribution in [0.3, 0.4) is 0 Å². The number of hydrogen-bond donors (Lipinski definition) is 0. The zero-order chi connectivity index (χ0) is 16.9. The Hall–Kier alpha value is -1.04. The summed E-state index contributed by atoms with van der Waals surface area (Å²) >= 11 is 0. The molecular weight excluding hydrogens is 289 g/mol. The van der Waals surface area contributed by atoms with Gasteiger partial charge in [0.05, 0.1) is 30.0 Å². The van der Waals surface area contributed by atoms with Gasteiger partial charge in [0, 0.05) is 12.2 Å². The Balaban J connectivity index is 1.78. The number of rotatable bonds is 2. The minimum atomic E-state index is -0.303. The molecule has 0 unspecified atom stereocenters. The zero-order valence-corrected chi connectivity index (χ0v) is 15.2. The highest BCUT2D eigenvalue weighted by Crippen LogP contribution is 2.36. The van der Waals surface area contributed by atoms with Crippen molar-refractivity contribution in [3.8, 4) is 0 Å². The monoisotopic (exact) mass is 317 g/mol. The van der Waals surface area contributed by atoms with Crippen LogP contribution < -0.4 is 10.4 Å². The molecule has 2 fully saturated rings. The first-order valence-electron chi connectivity index (χ1n) is 8.43. The Bertz CT molecular complexity index is 552. The van der Waals surface area contributed by atoms with Crippen LogP contribution in [0.4, 0.5) is 5.69 Å². The number of hydrogen-bond acceptors (Lipinski definition) is 4. The molecular formula is C18H28BNO3. The average molecular weight is 317 g/mol. The zero-order valence-electron chi connectivity index (χ0n) is 15.2. The molecule has 0 atom stereocenters. The molecule has 0 bridgehead atoms. The van der Waals surface area contributed by atoms with E-state index in [0.29, 0.717) is 0 Å². The van der Waals surface area contributed by atoms with Crippen molar-refractivity contribution < 1.29 is 14.0 Å². The van der Waals surface area contributed by atoms with E-state index >= 15 is 0 Å². The molecule has 1 aromatic rings. The van der Waals surface area contributed by atoms with Crippen LogP contribution in [0, 0.1) is 0 Å². The minimum Gasteiger partial charge on any atom is -0.399 e. The third kappa shape index (κ3) is 3.02. The van der Waals surface area contributed by atoms with E-state index in [2.05, 4.69) is 70.7 Å². The van der Waals surface area contributed by atoms with Gasteiger partial charge in [-0.15, -0.1) is 0 Å². The fraction of sp³-hybridized carbons (Fsp3) is 0.667. The van der Waals surface area contributed by atoms with Crippen molar-refractivity contribution in [1.82, 2.24) is 0 Å². The van der Waals surface area contributed by atoms with Crippen molar-refractivity contribution in [3.63, 3.8) is 0 Å². The number of anilines is 1. The Labute approximate surface area is 140 Å². The highest BCUT2D eigenvalue weighted by Gasteiger charge is 2.51. The summed E-state index contributed by atoms with van der Waals surface area (Å²) < 4.78 is 17.8. The Kier molecular flexibility index (Phi) is 4.02. The summed E-state index contributed by atoms with van der Waals surface area (Å²) in [5, 5.41) is 0. The van der Waals surface area contributed by atoms with Crippen molar-refractivity contribution in [2.24, 2.45) is 0 Å². The Morgan fingerprint density at radius 1 is 0.913 bits per heavy atom. The fourth-order valence-corrected chi connectivity index (χ4v) is 3.13. The van der Waals surface area contributed by atoms with Crippen LogP contribution in [0.2, 0.25) is 0 Å². The molecule has 4 nitrogen and oxygen atoms in total. The maximum atomic E-state index is 6.12. The molecule has 0 spiro atoms. The summed E-state index contributed by atoms with van der Waals surface area (Å²) in [6.07, 6.45) is 0. The summed E-state index contributed by atoms with van der Waals surface area (Å²) in [5.41, 5.74) is 1.70. The van der Waals surface area contributed by atoms with Crippen molar-refractivity contribution in [1.29, 1.82) is 0 Å². The highest BCUT2D eigenvalue weighted by molar-refractivity contribution is 6.62. The van der Waals surface area contributed by atoms with Gasteiger partial charge in [-0.3, -0.25) is 0 Å². The first-order valence-corrected chi connectivity index (χ1v) is 8.43. The van der Waals surface area contributed by atoms with Crippen molar-refractivity contribution in [2.75, 3.05) is 24.7 Å². The van der Waals surface area contributed by atoms with Gasteiger partial charge in [-0.05, 0) is 59.1 Å². The van der Waals surface area contributed by atoms with Gasteiger partial charge in [-0.25, -0.2) is 0 Å². The number of benzene rings is 1. The Morgan fingerprint density at radius 2 is 1.48 bits per heavy atom. The van der Waals surface area contributed by atoms with Crippen LogP contribution in [-0.4, -0.2) is 43.6 Å². The predicted octanol–water partition coefficient (Wildman–Crippen LogP) is 2.60. The first-order chi connectivity index (χ1) is 10.6. The van der Waals surface area contributed by atoms with E-state index in [1.54, 1.807) is 0 Å². The van der Waals surface area contributed by atoms with Gasteiger partial charge < -0.3 is 18.9 Å². The third-order valence-electron chi connectivity index (χ3n) is 5.38. The van der Waals surface area contributed by atoms with Crippen LogP contribution in [0.25, 0.3) is 0 Å². The molecule has 2 saturated heterocycles. The molecule has 0 aliphatic carbocycles. The predicted molar refractivity (Wildman–Crippen MR) is 94.4 cm³/mol. The maximum absolute atomic E-state index is 6.12. The molecule has 5 heteroatoms. The molecule has 0 N–H and O–H groups in total. The molecule has 3 rings (SSSR count). The topological polar surface area (TPSA) is 30.9 Å². The normalized spacial score (nSPS) is 25.7. The van der Waals surface area contributed by atoms with Crippen LogP contribution in [0.1, 0.15) is 41.5 Å². The lowest BCUT2D eigenvalue weighted by atomic mass is 9.79. The largest absolute Gasteiger partial charge is 0.494 e. The summed E-state index contributed by atoms with van der Waals surface area (Å²) in [5.74, 6) is 0. The summed E-state index contributed by atoms with van der Waals surface area (Å²) in [7, 11) is -0.299. The molecule has 0 saturated carbocycles. The quantitative estimate of drug-likeness (QED) is 0.785. The van der Waals surface area contributed by atoms with Crippen LogP contribution >= 0.6 is 0 Å². The van der Waals surface area contributed by atoms with Crippen LogP contribution in [0.5, 0.6) is 0 Å². The lowest BCUT2D eigenvalue weighted by molar-refractivity contribution is 0.00578. The second kappa shape index (κ2) is 5.50. The van der Waals surface area contributed by atoms with Crippen molar-refractivity contribution in [2.45, 2.75) is 58.3 Å². The van der Waals surface area contributed by atoms with Crippen molar-refractivity contribution >= 4 is 18.3 Å². The fourth-order valence-electron chi connectivity index (χ4n) is 3.13. The number of ether oxygens (including phenoxy) is 1. The van der Waals surface area contributed by atoms with Gasteiger partial charge in [-0.1, -0.05) is 12.1 Å². The molecule has 2 aliphatic heterocycles. The third-order valence-corrected chi connectivity index (χ3v) is 5.38. The minimum absolute atomic E-state index is 0.0180. The molecule has 2 aliphatic rings. The second-order valence-electron chi connectivity index (χ2n) is 8.20. The van der Waals surface area contributed by atoms with Gasteiger partial charge in [0.25, 0.3) is 0 Å². The molecule has 23 heavy (non-hydrogen) atoms. The van der Waals surface area contributed by atoms with E-state index in [-0.39, 0.29) is 23.9 Å². The van der Waals surface area contributed by atoms with Crippen molar-refractivity contribution in [3.05, 3.63) is 24.3 Å². The highest BCUT2D eigenvalue weighted by atomic mass is 16.7. The maximum Gasteiger partial charge on any atom is 0.494 e. The van der Waals surface area contributed by atoms with E-state index < -0.39 is 0 Å². The summed E-state index contributed by atoms with van der Waals surface area (Å²) in [6.45, 7) is 15.2. The van der Waals surface area contributed by atoms with E-state index in [0.717, 1.165) is 25.2 Å². The van der Waals surface area contributed by atoms with Gasteiger partial charge in [0.15, 0.2) is 0 Å².